The summed E-state index contributed by atoms with van der Waals surface area (Å²) in [5.74, 6) is -0.369. The highest BCUT2D eigenvalue weighted by Crippen LogP contribution is 2.31. The molecule has 128 valence electrons. The van der Waals surface area contributed by atoms with Crippen LogP contribution in [0.2, 0.25) is 10.0 Å². The van der Waals surface area contributed by atoms with Crippen LogP contribution in [0.1, 0.15) is 17.1 Å². The summed E-state index contributed by atoms with van der Waals surface area (Å²) < 4.78 is 5.39. The standard InChI is InChI=1S/C17H12Cl2N2O4/c1-8-5-10(9(2)25-8)6-12-15(22)20-17(24)21(16(12)23)14-4-3-11(18)7-13(14)19/h3-7H,1-2H3,(H,20,22,24)/b12-6+. The zero-order valence-corrected chi connectivity index (χ0v) is 14.7. The molecule has 0 saturated carbocycles. The number of carbonyl (C=O) groups excluding carboxylic acids is 3. The fraction of sp³-hybridized carbons (Fsp3) is 0.118. The van der Waals surface area contributed by atoms with Gasteiger partial charge in [-0.2, -0.15) is 0 Å². The number of barbiturate groups is 1. The van der Waals surface area contributed by atoms with Crippen molar-refractivity contribution in [3.63, 3.8) is 0 Å². The molecule has 1 aromatic heterocycles. The van der Waals surface area contributed by atoms with Gasteiger partial charge in [-0.1, -0.05) is 23.2 Å². The summed E-state index contributed by atoms with van der Waals surface area (Å²) in [4.78, 5) is 37.8. The molecule has 0 radical (unpaired) electrons. The summed E-state index contributed by atoms with van der Waals surface area (Å²) in [5, 5.41) is 2.60. The molecular weight excluding hydrogens is 367 g/mol. The normalized spacial score (nSPS) is 16.6. The van der Waals surface area contributed by atoms with Crippen molar-refractivity contribution in [1.82, 2.24) is 5.32 Å². The van der Waals surface area contributed by atoms with Gasteiger partial charge in [-0.15, -0.1) is 0 Å². The predicted octanol–water partition coefficient (Wildman–Crippen LogP) is 3.87. The SMILES string of the molecule is Cc1cc(/C=C2\C(=O)NC(=O)N(c3ccc(Cl)cc3Cl)C2=O)c(C)o1. The van der Waals surface area contributed by atoms with Gasteiger partial charge in [0.1, 0.15) is 17.1 Å². The fourth-order valence-electron chi connectivity index (χ4n) is 2.49. The second kappa shape index (κ2) is 6.38. The van der Waals surface area contributed by atoms with Crippen molar-refractivity contribution in [1.29, 1.82) is 0 Å². The van der Waals surface area contributed by atoms with E-state index in [1.165, 1.54) is 24.3 Å². The van der Waals surface area contributed by atoms with E-state index in [1.807, 2.05) is 0 Å². The number of nitrogens with one attached hydrogen (secondary N) is 1. The maximum Gasteiger partial charge on any atom is 0.335 e. The van der Waals surface area contributed by atoms with Crippen LogP contribution in [0.4, 0.5) is 10.5 Å². The first-order valence-electron chi connectivity index (χ1n) is 7.21. The molecule has 0 spiro atoms. The second-order valence-electron chi connectivity index (χ2n) is 5.42. The van der Waals surface area contributed by atoms with E-state index in [2.05, 4.69) is 5.32 Å². The Kier molecular flexibility index (Phi) is 4.41. The highest BCUT2D eigenvalue weighted by molar-refractivity contribution is 6.42. The van der Waals surface area contributed by atoms with Crippen molar-refractivity contribution >= 4 is 52.8 Å². The van der Waals surface area contributed by atoms with Gasteiger partial charge in [0, 0.05) is 10.6 Å². The van der Waals surface area contributed by atoms with Crippen molar-refractivity contribution < 1.29 is 18.8 Å². The molecule has 0 bridgehead atoms. The van der Waals surface area contributed by atoms with E-state index in [-0.39, 0.29) is 16.3 Å². The molecule has 2 heterocycles. The third-order valence-corrected chi connectivity index (χ3v) is 4.17. The smallest absolute Gasteiger partial charge is 0.335 e. The van der Waals surface area contributed by atoms with Crippen LogP contribution in [-0.2, 0) is 9.59 Å². The number of hydrogen-bond acceptors (Lipinski definition) is 4. The monoisotopic (exact) mass is 378 g/mol. The van der Waals surface area contributed by atoms with Crippen LogP contribution in [0.3, 0.4) is 0 Å². The maximum absolute atomic E-state index is 12.8. The number of rotatable bonds is 2. The Morgan fingerprint density at radius 3 is 2.44 bits per heavy atom. The Morgan fingerprint density at radius 2 is 1.84 bits per heavy atom. The largest absolute Gasteiger partial charge is 0.466 e. The Hall–Kier alpha value is -2.57. The fourth-order valence-corrected chi connectivity index (χ4v) is 2.98. The van der Waals surface area contributed by atoms with Crippen molar-refractivity contribution in [3.8, 4) is 0 Å². The maximum atomic E-state index is 12.8. The quantitative estimate of drug-likeness (QED) is 0.635. The summed E-state index contributed by atoms with van der Waals surface area (Å²) in [5.41, 5.74) is 0.508. The zero-order chi connectivity index (χ0) is 18.3. The van der Waals surface area contributed by atoms with E-state index >= 15 is 0 Å². The van der Waals surface area contributed by atoms with Gasteiger partial charge in [0.2, 0.25) is 0 Å². The number of urea groups is 1. The molecule has 25 heavy (non-hydrogen) atoms. The first-order chi connectivity index (χ1) is 11.8. The Bertz CT molecular complexity index is 946. The minimum atomic E-state index is -0.878. The number of hydrogen-bond donors (Lipinski definition) is 1. The van der Waals surface area contributed by atoms with Gasteiger partial charge in [0.05, 0.1) is 10.7 Å². The minimum Gasteiger partial charge on any atom is -0.466 e. The molecule has 4 amide bonds. The van der Waals surface area contributed by atoms with Crippen LogP contribution >= 0.6 is 23.2 Å². The van der Waals surface area contributed by atoms with Crippen LogP contribution in [0.5, 0.6) is 0 Å². The Morgan fingerprint density at radius 1 is 1.12 bits per heavy atom. The summed E-state index contributed by atoms with van der Waals surface area (Å²) in [6, 6.07) is 5.15. The van der Waals surface area contributed by atoms with Crippen LogP contribution in [0.25, 0.3) is 6.08 Å². The number of furan rings is 1. The lowest BCUT2D eigenvalue weighted by Gasteiger charge is -2.27. The molecule has 1 aromatic carbocycles. The van der Waals surface area contributed by atoms with Gasteiger partial charge >= 0.3 is 6.03 Å². The molecule has 6 nitrogen and oxygen atoms in total. The number of anilines is 1. The van der Waals surface area contributed by atoms with Gasteiger partial charge in [-0.05, 0) is 44.2 Å². The molecule has 0 atom stereocenters. The summed E-state index contributed by atoms with van der Waals surface area (Å²) in [6.45, 7) is 3.46. The second-order valence-corrected chi connectivity index (χ2v) is 6.27. The van der Waals surface area contributed by atoms with Crippen molar-refractivity contribution in [3.05, 3.63) is 57.0 Å². The van der Waals surface area contributed by atoms with Crippen LogP contribution in [0, 0.1) is 13.8 Å². The first kappa shape index (κ1) is 17.3. The lowest BCUT2D eigenvalue weighted by Crippen LogP contribution is -2.54. The average Bonchev–Trinajstić information content (AvgIpc) is 2.83. The van der Waals surface area contributed by atoms with E-state index in [0.717, 1.165) is 4.90 Å². The van der Waals surface area contributed by atoms with E-state index in [0.29, 0.717) is 22.1 Å². The first-order valence-corrected chi connectivity index (χ1v) is 7.97. The molecular formula is C17H12Cl2N2O4. The third kappa shape index (κ3) is 3.18. The summed E-state index contributed by atoms with van der Waals surface area (Å²) in [6.07, 6.45) is 1.38. The molecule has 3 rings (SSSR count). The molecule has 1 aliphatic heterocycles. The lowest BCUT2D eigenvalue weighted by molar-refractivity contribution is -0.122. The highest BCUT2D eigenvalue weighted by atomic mass is 35.5. The molecule has 1 fully saturated rings. The van der Waals surface area contributed by atoms with Gasteiger partial charge in [0.15, 0.2) is 0 Å². The van der Waals surface area contributed by atoms with Crippen LogP contribution in [-0.4, -0.2) is 17.8 Å². The van der Waals surface area contributed by atoms with Crippen molar-refractivity contribution in [2.24, 2.45) is 0 Å². The van der Waals surface area contributed by atoms with E-state index < -0.39 is 17.8 Å². The summed E-state index contributed by atoms with van der Waals surface area (Å²) >= 11 is 11.9. The predicted molar refractivity (Wildman–Crippen MR) is 93.6 cm³/mol. The highest BCUT2D eigenvalue weighted by Gasteiger charge is 2.37. The molecule has 0 unspecified atom stereocenters. The average molecular weight is 379 g/mol. The van der Waals surface area contributed by atoms with Gasteiger partial charge in [0.25, 0.3) is 11.8 Å². The molecule has 1 saturated heterocycles. The molecule has 1 N–H and O–H groups in total. The number of benzene rings is 1. The number of aryl methyl sites for hydroxylation is 2. The number of nitrogens with zero attached hydrogens (tertiary/aromatic N) is 1. The molecule has 2 aromatic rings. The van der Waals surface area contributed by atoms with Crippen LogP contribution < -0.4 is 10.2 Å². The topological polar surface area (TPSA) is 79.6 Å². The van der Waals surface area contributed by atoms with E-state index in [9.17, 15) is 14.4 Å². The Labute approximate surface area is 153 Å². The Balaban J connectivity index is 2.07. The van der Waals surface area contributed by atoms with Gasteiger partial charge < -0.3 is 4.42 Å². The van der Waals surface area contributed by atoms with Crippen molar-refractivity contribution in [2.75, 3.05) is 4.90 Å². The number of carbonyl (C=O) groups is 3. The van der Waals surface area contributed by atoms with Gasteiger partial charge in [-0.25, -0.2) is 9.69 Å². The van der Waals surface area contributed by atoms with Gasteiger partial charge in [-0.3, -0.25) is 14.9 Å². The summed E-state index contributed by atoms with van der Waals surface area (Å²) in [7, 11) is 0. The number of imide groups is 2. The molecule has 0 aliphatic carbocycles. The third-order valence-electron chi connectivity index (χ3n) is 3.63. The van der Waals surface area contributed by atoms with Crippen LogP contribution in [0.15, 0.2) is 34.3 Å². The molecule has 8 heteroatoms. The van der Waals surface area contributed by atoms with Crippen molar-refractivity contribution in [2.45, 2.75) is 13.8 Å². The minimum absolute atomic E-state index is 0.111. The van der Waals surface area contributed by atoms with E-state index in [1.54, 1.807) is 19.9 Å². The lowest BCUT2D eigenvalue weighted by atomic mass is 10.1. The molecule has 1 aliphatic rings. The number of halogens is 2. The number of amides is 4. The zero-order valence-electron chi connectivity index (χ0n) is 13.2. The van der Waals surface area contributed by atoms with E-state index in [4.69, 9.17) is 27.6 Å².